The van der Waals surface area contributed by atoms with Crippen LogP contribution in [-0.4, -0.2) is 23.2 Å². The molecule has 2 unspecified atom stereocenters. The highest BCUT2D eigenvalue weighted by Crippen LogP contribution is 2.22. The van der Waals surface area contributed by atoms with E-state index in [1.807, 2.05) is 13.8 Å². The van der Waals surface area contributed by atoms with Gasteiger partial charge in [-0.3, -0.25) is 0 Å². The number of halogens is 1. The molecule has 1 rings (SSSR count). The Hall–Kier alpha value is -0.840. The molecule has 2 amide bonds. The zero-order valence-corrected chi connectivity index (χ0v) is 12.8. The quantitative estimate of drug-likeness (QED) is 0.451. The molecule has 19 heavy (non-hydrogen) atoms. The van der Waals surface area contributed by atoms with Crippen LogP contribution < -0.4 is 10.6 Å². The first kappa shape index (κ1) is 16.2. The Labute approximate surface area is 120 Å². The normalized spacial score (nSPS) is 21.9. The monoisotopic (exact) mass is 288 g/mol. The van der Waals surface area contributed by atoms with Crippen LogP contribution >= 0.6 is 11.6 Å². The number of hydrogen-bond donors (Lipinski definition) is 2. The largest absolute Gasteiger partial charge is 0.322 e. The fraction of sp³-hybridized carbons (Fsp3) is 0.923. The molecule has 1 aliphatic rings. The Bertz CT molecular complexity index is 316. The second-order valence-electron chi connectivity index (χ2n) is 5.35. The molecule has 0 saturated heterocycles. The lowest BCUT2D eigenvalue weighted by Crippen LogP contribution is -2.49. The summed E-state index contributed by atoms with van der Waals surface area (Å²) in [6.07, 6.45) is 6.65. The summed E-state index contributed by atoms with van der Waals surface area (Å²) >= 11 is 5.72. The number of azo groups is 1. The molecule has 0 bridgehead atoms. The van der Waals surface area contributed by atoms with Crippen molar-refractivity contribution < 1.29 is 4.79 Å². The van der Waals surface area contributed by atoms with Gasteiger partial charge < -0.3 is 10.6 Å². The third kappa shape index (κ3) is 6.23. The first-order valence-corrected chi connectivity index (χ1v) is 7.53. The Morgan fingerprint density at radius 2 is 2.05 bits per heavy atom. The molecule has 0 radical (unpaired) electrons. The number of amides is 2. The third-order valence-electron chi connectivity index (χ3n) is 3.42. The van der Waals surface area contributed by atoms with Gasteiger partial charge in [0.2, 0.25) is 0 Å². The molecule has 1 aliphatic carbocycles. The van der Waals surface area contributed by atoms with Crippen LogP contribution in [-0.2, 0) is 0 Å². The van der Waals surface area contributed by atoms with Gasteiger partial charge in [0.15, 0.2) is 5.66 Å². The summed E-state index contributed by atoms with van der Waals surface area (Å²) < 4.78 is 0. The van der Waals surface area contributed by atoms with E-state index >= 15 is 0 Å². The summed E-state index contributed by atoms with van der Waals surface area (Å²) in [6, 6.07) is 0.00545. The Kier molecular flexibility index (Phi) is 6.55. The van der Waals surface area contributed by atoms with Crippen LogP contribution in [0.1, 0.15) is 59.3 Å². The molecule has 5 nitrogen and oxygen atoms in total. The third-order valence-corrected chi connectivity index (χ3v) is 3.53. The standard InChI is InChI=1S/C13H25ClN4O/c1-4-13(3,16-12(19)15-10(2)14)18-17-11-8-6-5-7-9-11/h10-11H,4-9H2,1-3H3,(H2,15,16,19). The number of hydrogen-bond acceptors (Lipinski definition) is 3. The van der Waals surface area contributed by atoms with E-state index in [4.69, 9.17) is 11.6 Å². The van der Waals surface area contributed by atoms with Crippen molar-refractivity contribution in [2.24, 2.45) is 10.2 Å². The van der Waals surface area contributed by atoms with Gasteiger partial charge in [0.25, 0.3) is 0 Å². The number of carbonyl (C=O) groups is 1. The van der Waals surface area contributed by atoms with Crippen LogP contribution in [0.5, 0.6) is 0 Å². The van der Waals surface area contributed by atoms with Crippen LogP contribution in [0.4, 0.5) is 4.79 Å². The van der Waals surface area contributed by atoms with Gasteiger partial charge in [-0.25, -0.2) is 4.79 Å². The van der Waals surface area contributed by atoms with Gasteiger partial charge >= 0.3 is 6.03 Å². The molecule has 0 aromatic carbocycles. The Balaban J connectivity index is 2.53. The highest BCUT2D eigenvalue weighted by Gasteiger charge is 2.25. The summed E-state index contributed by atoms with van der Waals surface area (Å²) in [5.41, 5.74) is -1.07. The van der Waals surface area contributed by atoms with Crippen molar-refractivity contribution in [1.82, 2.24) is 10.6 Å². The van der Waals surface area contributed by atoms with Crippen molar-refractivity contribution in [1.29, 1.82) is 0 Å². The number of alkyl halides is 1. The summed E-state index contributed by atoms with van der Waals surface area (Å²) in [4.78, 5) is 11.7. The predicted octanol–water partition coefficient (Wildman–Crippen LogP) is 3.78. The lowest BCUT2D eigenvalue weighted by molar-refractivity contribution is 0.224. The van der Waals surface area contributed by atoms with E-state index < -0.39 is 11.2 Å². The zero-order valence-electron chi connectivity index (χ0n) is 12.1. The molecular weight excluding hydrogens is 264 g/mol. The Morgan fingerprint density at radius 1 is 1.42 bits per heavy atom. The molecule has 1 saturated carbocycles. The van der Waals surface area contributed by atoms with Crippen LogP contribution in [0, 0.1) is 0 Å². The van der Waals surface area contributed by atoms with Gasteiger partial charge in [0.1, 0.15) is 5.50 Å². The van der Waals surface area contributed by atoms with Crippen molar-refractivity contribution in [2.75, 3.05) is 0 Å². The zero-order chi connectivity index (χ0) is 14.3. The molecular formula is C13H25ClN4O. The van der Waals surface area contributed by atoms with Crippen molar-refractivity contribution >= 4 is 17.6 Å². The van der Waals surface area contributed by atoms with E-state index in [0.717, 1.165) is 12.8 Å². The summed E-state index contributed by atoms with van der Waals surface area (Å²) in [7, 11) is 0. The van der Waals surface area contributed by atoms with E-state index in [9.17, 15) is 4.79 Å². The van der Waals surface area contributed by atoms with E-state index in [1.165, 1.54) is 19.3 Å². The minimum absolute atomic E-state index is 0.311. The second-order valence-corrected chi connectivity index (χ2v) is 6.00. The predicted molar refractivity (Wildman–Crippen MR) is 77.4 cm³/mol. The summed E-state index contributed by atoms with van der Waals surface area (Å²) in [5.74, 6) is 0. The van der Waals surface area contributed by atoms with Crippen LogP contribution in [0.25, 0.3) is 0 Å². The number of nitrogens with one attached hydrogen (secondary N) is 2. The van der Waals surface area contributed by atoms with Crippen LogP contribution in [0.2, 0.25) is 0 Å². The molecule has 0 aliphatic heterocycles. The Morgan fingerprint density at radius 3 is 2.58 bits per heavy atom. The van der Waals surface area contributed by atoms with E-state index in [-0.39, 0.29) is 6.03 Å². The van der Waals surface area contributed by atoms with Crippen molar-refractivity contribution in [3.8, 4) is 0 Å². The number of urea groups is 1. The molecule has 2 atom stereocenters. The number of carbonyl (C=O) groups excluding carboxylic acids is 1. The van der Waals surface area contributed by atoms with Gasteiger partial charge in [-0.05, 0) is 33.1 Å². The van der Waals surface area contributed by atoms with Crippen LogP contribution in [0.15, 0.2) is 10.2 Å². The maximum absolute atomic E-state index is 11.7. The van der Waals surface area contributed by atoms with Crippen molar-refractivity contribution in [3.63, 3.8) is 0 Å². The number of nitrogens with zero attached hydrogens (tertiary/aromatic N) is 2. The fourth-order valence-corrected chi connectivity index (χ4v) is 2.15. The fourth-order valence-electron chi connectivity index (χ4n) is 2.05. The highest BCUT2D eigenvalue weighted by molar-refractivity contribution is 6.20. The van der Waals surface area contributed by atoms with Crippen molar-refractivity contribution in [3.05, 3.63) is 0 Å². The molecule has 6 heteroatoms. The molecule has 0 aromatic rings. The average molecular weight is 289 g/mol. The lowest BCUT2D eigenvalue weighted by Gasteiger charge is -2.26. The minimum Gasteiger partial charge on any atom is -0.322 e. The summed E-state index contributed by atoms with van der Waals surface area (Å²) in [5, 5.41) is 14.2. The van der Waals surface area contributed by atoms with E-state index in [0.29, 0.717) is 12.5 Å². The van der Waals surface area contributed by atoms with E-state index in [2.05, 4.69) is 20.9 Å². The lowest BCUT2D eigenvalue weighted by atomic mass is 9.96. The number of rotatable bonds is 5. The van der Waals surface area contributed by atoms with Crippen LogP contribution in [0.3, 0.4) is 0 Å². The average Bonchev–Trinajstić information content (AvgIpc) is 2.36. The molecule has 1 fully saturated rings. The maximum Gasteiger partial charge on any atom is 0.317 e. The van der Waals surface area contributed by atoms with Gasteiger partial charge in [-0.1, -0.05) is 37.8 Å². The molecule has 0 heterocycles. The van der Waals surface area contributed by atoms with Gasteiger partial charge in [-0.15, -0.1) is 0 Å². The van der Waals surface area contributed by atoms with E-state index in [1.54, 1.807) is 6.92 Å². The smallest absolute Gasteiger partial charge is 0.317 e. The first-order valence-electron chi connectivity index (χ1n) is 7.10. The molecule has 0 aromatic heterocycles. The first-order chi connectivity index (χ1) is 8.95. The van der Waals surface area contributed by atoms with Gasteiger partial charge in [-0.2, -0.15) is 10.2 Å². The van der Waals surface area contributed by atoms with Gasteiger partial charge in [0, 0.05) is 0 Å². The minimum atomic E-state index is -0.659. The topological polar surface area (TPSA) is 65.8 Å². The van der Waals surface area contributed by atoms with Crippen molar-refractivity contribution in [2.45, 2.75) is 76.5 Å². The second kappa shape index (κ2) is 7.68. The molecule has 0 spiro atoms. The maximum atomic E-state index is 11.7. The SMILES string of the molecule is CCC(C)(N=NC1CCCCC1)NC(=O)NC(C)Cl. The molecule has 110 valence electrons. The summed E-state index contributed by atoms with van der Waals surface area (Å²) in [6.45, 7) is 5.55. The van der Waals surface area contributed by atoms with Gasteiger partial charge in [0.05, 0.1) is 6.04 Å². The highest BCUT2D eigenvalue weighted by atomic mass is 35.5. The molecule has 2 N–H and O–H groups in total.